The van der Waals surface area contributed by atoms with Crippen molar-refractivity contribution in [3.8, 4) is 25.7 Å². The fraction of sp³-hybridized carbons (Fsp3) is 0.375. The highest BCUT2D eigenvalue weighted by Crippen LogP contribution is 2.50. The van der Waals surface area contributed by atoms with Crippen molar-refractivity contribution < 1.29 is 49.9 Å². The van der Waals surface area contributed by atoms with Gasteiger partial charge in [-0.2, -0.15) is 26.3 Å². The van der Waals surface area contributed by atoms with Crippen LogP contribution in [0, 0.1) is 31.5 Å². The molecule has 0 radical (unpaired) electrons. The van der Waals surface area contributed by atoms with E-state index in [4.69, 9.17) is 5.11 Å². The molecule has 0 aromatic heterocycles. The van der Waals surface area contributed by atoms with Gasteiger partial charge in [-0.1, -0.05) is 18.2 Å². The number of carbonyl (C=O) groups excluding carboxylic acids is 1. The molecule has 1 atom stereocenters. The minimum Gasteiger partial charge on any atom is -0.396 e. The molecule has 1 unspecified atom stereocenters. The van der Waals surface area contributed by atoms with Crippen LogP contribution in [0.2, 0.25) is 0 Å². The van der Waals surface area contributed by atoms with Crippen LogP contribution >= 0.6 is 0 Å². The van der Waals surface area contributed by atoms with E-state index in [1.165, 1.54) is 23.4 Å². The number of carbonyl (C=O) groups is 1. The molecular weight excluding hydrogens is 655 g/mol. The number of aryl methyl sites for hydroxylation is 1. The fourth-order valence-electron chi connectivity index (χ4n) is 3.84. The molecule has 260 valence electrons. The van der Waals surface area contributed by atoms with Crippen LogP contribution in [0.5, 0.6) is 0 Å². The number of benzene rings is 2. The highest BCUT2D eigenvalue weighted by Gasteiger charge is 2.71. The van der Waals surface area contributed by atoms with Crippen LogP contribution in [-0.2, 0) is 27.8 Å². The summed E-state index contributed by atoms with van der Waals surface area (Å²) in [6.07, 6.45) is 9.91. The number of alkyl halides is 6. The van der Waals surface area contributed by atoms with Crippen molar-refractivity contribution >= 4 is 28.8 Å². The first-order valence-electron chi connectivity index (χ1n) is 13.6. The number of nitrogens with two attached hydrogens (primary N) is 1. The first-order chi connectivity index (χ1) is 21.9. The Hall–Kier alpha value is -4.18. The predicted molar refractivity (Wildman–Crippen MR) is 170 cm³/mol. The van der Waals surface area contributed by atoms with E-state index in [0.29, 0.717) is 18.6 Å². The predicted octanol–water partition coefficient (Wildman–Crippen LogP) is 6.36. The number of hydrogen-bond donors (Lipinski definition) is 3. The third-order valence-corrected chi connectivity index (χ3v) is 7.28. The maximum atomic E-state index is 13.1. The van der Waals surface area contributed by atoms with E-state index in [0.717, 1.165) is 36.7 Å². The van der Waals surface area contributed by atoms with E-state index in [9.17, 15) is 44.8 Å². The molecule has 1 amide bonds. The molecule has 3 rings (SSSR count). The molecule has 2 aromatic carbocycles. The third kappa shape index (κ3) is 13.6. The Morgan fingerprint density at radius 3 is 1.96 bits per heavy atom. The Morgan fingerprint density at radius 2 is 1.53 bits per heavy atom. The monoisotopic (exact) mass is 693 g/mol. The number of allylic oxidation sites excluding steroid dienone is 2. The topological polar surface area (TPSA) is 116 Å². The molecule has 4 N–H and O–H groups in total. The molecule has 0 spiro atoms. The van der Waals surface area contributed by atoms with Crippen molar-refractivity contribution in [2.24, 2.45) is 10.7 Å². The standard InChI is InChI=1S/C18H14F7NO2S.C8H15NO.C2H5NO.2C2H2/c19-13-4-6-14(7-5-13)29(28)26-9-1-2-11-10-12(3-8-15(11)26)16(27,17(20,21)22)18(23,24)25;1-3-8(9-4-2)6-5-7-10;1-2(3)4;2*1-2/h3-8,10,27H,1-2,9H2;3-4,10H,5-7H2,1-2H3;1H3,(H2,3,4);2*1-2H/b;8-3-,9-4?;;;. The van der Waals surface area contributed by atoms with Crippen molar-refractivity contribution in [3.05, 3.63) is 71.2 Å². The molecule has 1 aliphatic heterocycles. The second-order valence-corrected chi connectivity index (χ2v) is 10.5. The van der Waals surface area contributed by atoms with E-state index >= 15 is 0 Å². The summed E-state index contributed by atoms with van der Waals surface area (Å²) in [4.78, 5) is 13.6. The molecule has 47 heavy (non-hydrogen) atoms. The number of aliphatic hydroxyl groups excluding tert-OH is 1. The van der Waals surface area contributed by atoms with E-state index in [-0.39, 0.29) is 41.6 Å². The molecule has 2 aromatic rings. The smallest absolute Gasteiger partial charge is 0.396 e. The summed E-state index contributed by atoms with van der Waals surface area (Å²) in [5, 5.41) is 18.1. The van der Waals surface area contributed by atoms with E-state index in [1.807, 2.05) is 19.9 Å². The van der Waals surface area contributed by atoms with Crippen LogP contribution in [0.1, 0.15) is 51.2 Å². The van der Waals surface area contributed by atoms with Crippen LogP contribution in [0.4, 0.5) is 36.4 Å². The highest BCUT2D eigenvalue weighted by molar-refractivity contribution is 7.86. The van der Waals surface area contributed by atoms with Crippen molar-refractivity contribution in [2.75, 3.05) is 17.5 Å². The zero-order chi connectivity index (χ0) is 37.0. The first-order valence-corrected chi connectivity index (χ1v) is 14.7. The summed E-state index contributed by atoms with van der Waals surface area (Å²) in [7, 11) is -1.84. The second-order valence-electron chi connectivity index (χ2n) is 9.06. The average molecular weight is 694 g/mol. The lowest BCUT2D eigenvalue weighted by Gasteiger charge is -2.35. The fourth-order valence-corrected chi connectivity index (χ4v) is 5.11. The van der Waals surface area contributed by atoms with Gasteiger partial charge < -0.3 is 15.9 Å². The number of primary amides is 1. The molecule has 0 saturated carbocycles. The number of terminal acetylenes is 2. The van der Waals surface area contributed by atoms with Gasteiger partial charge in [-0.3, -0.25) is 14.1 Å². The normalized spacial score (nSPS) is 13.5. The molecule has 0 saturated heterocycles. The number of rotatable bonds is 7. The van der Waals surface area contributed by atoms with Gasteiger partial charge in [-0.25, -0.2) is 8.60 Å². The summed E-state index contributed by atoms with van der Waals surface area (Å²) in [5.41, 5.74) is -0.569. The Labute approximate surface area is 273 Å². The van der Waals surface area contributed by atoms with Crippen LogP contribution in [0.25, 0.3) is 0 Å². The zero-order valence-electron chi connectivity index (χ0n) is 26.0. The van der Waals surface area contributed by atoms with Gasteiger partial charge in [0, 0.05) is 37.6 Å². The largest absolute Gasteiger partial charge is 0.430 e. The summed E-state index contributed by atoms with van der Waals surface area (Å²) in [6, 6.07) is 6.89. The Balaban J connectivity index is 0. The molecule has 1 heterocycles. The van der Waals surface area contributed by atoms with Crippen LogP contribution in [-0.4, -0.2) is 52.0 Å². The zero-order valence-corrected chi connectivity index (χ0v) is 26.8. The van der Waals surface area contributed by atoms with Gasteiger partial charge in [0.25, 0.3) is 5.60 Å². The third-order valence-electron chi connectivity index (χ3n) is 5.83. The number of aliphatic imine (C=N–C) groups is 1. The Morgan fingerprint density at radius 1 is 1.02 bits per heavy atom. The quantitative estimate of drug-likeness (QED) is 0.178. The number of hydrogen-bond acceptors (Lipinski definition) is 5. The summed E-state index contributed by atoms with van der Waals surface area (Å²) in [5.74, 6) is -0.881. The van der Waals surface area contributed by atoms with Gasteiger partial charge >= 0.3 is 12.4 Å². The molecule has 1 aliphatic rings. The van der Waals surface area contributed by atoms with Crippen molar-refractivity contribution in [1.82, 2.24) is 0 Å². The maximum Gasteiger partial charge on any atom is 0.430 e. The Kier molecular flexibility index (Phi) is 20.6. The van der Waals surface area contributed by atoms with E-state index in [2.05, 4.69) is 36.4 Å². The van der Waals surface area contributed by atoms with Crippen LogP contribution in [0.15, 0.2) is 64.1 Å². The molecule has 0 bridgehead atoms. The molecular formula is C32H38F7N3O4S. The van der Waals surface area contributed by atoms with Gasteiger partial charge in [-0.05, 0) is 75.4 Å². The van der Waals surface area contributed by atoms with E-state index in [1.54, 1.807) is 6.21 Å². The van der Waals surface area contributed by atoms with Crippen molar-refractivity contribution in [1.29, 1.82) is 0 Å². The summed E-state index contributed by atoms with van der Waals surface area (Å²) in [6.45, 7) is 5.64. The number of aliphatic hydroxyl groups is 2. The molecule has 7 nitrogen and oxygen atoms in total. The van der Waals surface area contributed by atoms with Crippen molar-refractivity contribution in [3.63, 3.8) is 0 Å². The summed E-state index contributed by atoms with van der Waals surface area (Å²) < 4.78 is 106. The van der Waals surface area contributed by atoms with Crippen molar-refractivity contribution in [2.45, 2.75) is 69.3 Å². The molecule has 0 aliphatic carbocycles. The first kappa shape index (κ1) is 44.9. The van der Waals surface area contributed by atoms with Gasteiger partial charge in [0.1, 0.15) is 5.82 Å². The van der Waals surface area contributed by atoms with Gasteiger partial charge in [-0.15, -0.1) is 25.7 Å². The lowest BCUT2D eigenvalue weighted by molar-refractivity contribution is -0.376. The molecule has 0 fully saturated rings. The number of fused-ring (bicyclic) bond motifs is 1. The minimum absolute atomic E-state index is 0.0936. The van der Waals surface area contributed by atoms with Crippen LogP contribution in [0.3, 0.4) is 0 Å². The highest BCUT2D eigenvalue weighted by atomic mass is 32.2. The van der Waals surface area contributed by atoms with Gasteiger partial charge in [0.05, 0.1) is 10.6 Å². The lowest BCUT2D eigenvalue weighted by atomic mass is 9.89. The summed E-state index contributed by atoms with van der Waals surface area (Å²) >= 11 is 0. The Bertz CT molecular complexity index is 1350. The minimum atomic E-state index is -5.98. The number of halogens is 7. The van der Waals surface area contributed by atoms with Crippen LogP contribution < -0.4 is 10.0 Å². The maximum absolute atomic E-state index is 13.1. The number of amides is 1. The molecule has 15 heteroatoms. The number of anilines is 1. The average Bonchev–Trinajstić information content (AvgIpc) is 3.03. The lowest BCUT2D eigenvalue weighted by Crippen LogP contribution is -2.54. The van der Waals surface area contributed by atoms with E-state index < -0.39 is 40.3 Å². The van der Waals surface area contributed by atoms with Gasteiger partial charge in [0.2, 0.25) is 5.91 Å². The number of nitrogens with zero attached hydrogens (tertiary/aromatic N) is 2. The second kappa shape index (κ2) is 21.6. The van der Waals surface area contributed by atoms with Gasteiger partial charge in [0.15, 0.2) is 11.0 Å². The SMILES string of the molecule is C#C.C#C.CC(N)=O.CC=N/C(=C\C)CCCO.O=S(c1ccc(F)cc1)N1CCCc2cc(C(O)(C(F)(F)F)C(F)(F)F)ccc21.